The van der Waals surface area contributed by atoms with Crippen LogP contribution in [-0.4, -0.2) is 28.9 Å². The molecule has 5 heteroatoms. The summed E-state index contributed by atoms with van der Waals surface area (Å²) in [6, 6.07) is 0. The number of aliphatic hydroxyl groups is 1. The first-order valence-corrected chi connectivity index (χ1v) is 9.15. The van der Waals surface area contributed by atoms with E-state index in [0.717, 1.165) is 51.4 Å². The molecule has 0 saturated carbocycles. The first-order valence-electron chi connectivity index (χ1n) is 9.15. The molecule has 1 aliphatic heterocycles. The molecule has 0 radical (unpaired) electrons. The highest BCUT2D eigenvalue weighted by Gasteiger charge is 2.41. The second-order valence-corrected chi connectivity index (χ2v) is 6.41. The second kappa shape index (κ2) is 10.6. The first kappa shape index (κ1) is 19.9. The van der Waals surface area contributed by atoms with Gasteiger partial charge in [0.2, 0.25) is 5.79 Å². The predicted molar refractivity (Wildman–Crippen MR) is 87.7 cm³/mol. The summed E-state index contributed by atoms with van der Waals surface area (Å²) in [4.78, 5) is 24.0. The lowest BCUT2D eigenvalue weighted by atomic mass is 10.0. The van der Waals surface area contributed by atoms with Crippen LogP contribution in [0, 0.1) is 0 Å². The van der Waals surface area contributed by atoms with Crippen molar-refractivity contribution in [3.63, 3.8) is 0 Å². The molecule has 0 aliphatic carbocycles. The van der Waals surface area contributed by atoms with Crippen LogP contribution in [-0.2, 0) is 19.1 Å². The van der Waals surface area contributed by atoms with E-state index >= 15 is 0 Å². The summed E-state index contributed by atoms with van der Waals surface area (Å²) in [7, 11) is 0. The van der Waals surface area contributed by atoms with Gasteiger partial charge < -0.3 is 14.6 Å². The Hall–Kier alpha value is -1.10. The molecule has 0 aromatic carbocycles. The van der Waals surface area contributed by atoms with Crippen molar-refractivity contribution in [1.29, 1.82) is 0 Å². The Bertz CT molecular complexity index is 368. The number of esters is 2. The van der Waals surface area contributed by atoms with Gasteiger partial charge >= 0.3 is 11.9 Å². The van der Waals surface area contributed by atoms with Crippen molar-refractivity contribution < 1.29 is 24.2 Å². The van der Waals surface area contributed by atoms with E-state index in [2.05, 4.69) is 0 Å². The number of carbonyl (C=O) groups is 2. The molecule has 0 bridgehead atoms. The van der Waals surface area contributed by atoms with Crippen molar-refractivity contribution in [2.75, 3.05) is 0 Å². The summed E-state index contributed by atoms with van der Waals surface area (Å²) in [5.41, 5.74) is 0. The molecular weight excluding hydrogens is 296 g/mol. The molecule has 0 amide bonds. The Balaban J connectivity index is 2.83. The zero-order chi connectivity index (χ0) is 17.1. The minimum absolute atomic E-state index is 0.209. The van der Waals surface area contributed by atoms with Gasteiger partial charge in [-0.25, -0.2) is 0 Å². The molecular formula is C18H32O5. The van der Waals surface area contributed by atoms with Crippen LogP contribution in [0.1, 0.15) is 90.9 Å². The Morgan fingerprint density at radius 1 is 1.00 bits per heavy atom. The lowest BCUT2D eigenvalue weighted by molar-refractivity contribution is -0.256. The van der Waals surface area contributed by atoms with E-state index < -0.39 is 17.9 Å². The van der Waals surface area contributed by atoms with Crippen LogP contribution in [0.4, 0.5) is 0 Å². The van der Waals surface area contributed by atoms with Gasteiger partial charge in [-0.2, -0.15) is 0 Å². The number of unbranched alkanes of at least 4 members (excludes halogenated alkanes) is 1. The number of cyclic esters (lactones) is 2. The molecule has 1 N–H and O–H groups in total. The molecule has 1 rings (SSSR count). The van der Waals surface area contributed by atoms with Gasteiger partial charge in [0.05, 0.1) is 0 Å². The largest absolute Gasteiger partial charge is 0.455 e. The molecule has 0 aromatic rings. The number of rotatable bonds is 4. The molecule has 134 valence electrons. The van der Waals surface area contributed by atoms with Crippen molar-refractivity contribution in [3.8, 4) is 0 Å². The third kappa shape index (κ3) is 7.34. The van der Waals surface area contributed by atoms with E-state index in [1.165, 1.54) is 0 Å². The molecule has 0 spiro atoms. The smallest absolute Gasteiger partial charge is 0.308 e. The van der Waals surface area contributed by atoms with Crippen LogP contribution in [0.2, 0.25) is 0 Å². The Morgan fingerprint density at radius 3 is 2.13 bits per heavy atom. The van der Waals surface area contributed by atoms with E-state index in [9.17, 15) is 14.7 Å². The summed E-state index contributed by atoms with van der Waals surface area (Å²) in [5, 5.41) is 10.7. The topological polar surface area (TPSA) is 72.8 Å². The first-order chi connectivity index (χ1) is 11.0. The van der Waals surface area contributed by atoms with Gasteiger partial charge in [0.1, 0.15) is 0 Å². The van der Waals surface area contributed by atoms with Crippen molar-refractivity contribution in [2.24, 2.45) is 0 Å². The monoisotopic (exact) mass is 328 g/mol. The van der Waals surface area contributed by atoms with Gasteiger partial charge in [0.25, 0.3) is 0 Å². The summed E-state index contributed by atoms with van der Waals surface area (Å²) < 4.78 is 10.8. The van der Waals surface area contributed by atoms with Gasteiger partial charge in [0, 0.05) is 19.3 Å². The van der Waals surface area contributed by atoms with Crippen molar-refractivity contribution in [3.05, 3.63) is 0 Å². The molecule has 0 aromatic heterocycles. The molecule has 1 saturated heterocycles. The molecule has 1 heterocycles. The molecule has 1 fully saturated rings. The van der Waals surface area contributed by atoms with Gasteiger partial charge in [-0.3, -0.25) is 9.59 Å². The summed E-state index contributed by atoms with van der Waals surface area (Å²) >= 11 is 0. The normalized spacial score (nSPS) is 28.6. The SMILES string of the molecule is CCCCC1OC(=O)CCCCCCCCC(=O)OC1(O)CC. The maximum atomic E-state index is 12.0. The van der Waals surface area contributed by atoms with Gasteiger partial charge in [-0.1, -0.05) is 46.0 Å². The Morgan fingerprint density at radius 2 is 1.57 bits per heavy atom. The number of hydrogen-bond acceptors (Lipinski definition) is 5. The lowest BCUT2D eigenvalue weighted by Gasteiger charge is -2.34. The average Bonchev–Trinajstić information content (AvgIpc) is 2.52. The van der Waals surface area contributed by atoms with Crippen LogP contribution in [0.25, 0.3) is 0 Å². The van der Waals surface area contributed by atoms with Crippen molar-refractivity contribution in [2.45, 2.75) is 103 Å². The van der Waals surface area contributed by atoms with Crippen LogP contribution in [0.3, 0.4) is 0 Å². The minimum atomic E-state index is -1.72. The number of carbonyl (C=O) groups excluding carboxylic acids is 2. The third-order valence-electron chi connectivity index (χ3n) is 4.41. The standard InChI is InChI=1S/C18H32O5/c1-3-5-12-15-18(21,4-2)23-17(20)14-11-9-7-6-8-10-13-16(19)22-15/h15,21H,3-14H2,1-2H3. The van der Waals surface area contributed by atoms with Gasteiger partial charge in [-0.15, -0.1) is 0 Å². The van der Waals surface area contributed by atoms with Gasteiger partial charge in [-0.05, 0) is 25.7 Å². The fourth-order valence-corrected chi connectivity index (χ4v) is 2.84. The maximum Gasteiger partial charge on any atom is 0.308 e. The number of ether oxygens (including phenoxy) is 2. The zero-order valence-electron chi connectivity index (χ0n) is 14.6. The molecule has 23 heavy (non-hydrogen) atoms. The van der Waals surface area contributed by atoms with E-state index in [1.807, 2.05) is 6.92 Å². The van der Waals surface area contributed by atoms with Crippen molar-refractivity contribution in [1.82, 2.24) is 0 Å². The van der Waals surface area contributed by atoms with Crippen molar-refractivity contribution >= 4 is 11.9 Å². The van der Waals surface area contributed by atoms with Crippen LogP contribution in [0.5, 0.6) is 0 Å². The van der Waals surface area contributed by atoms with Crippen LogP contribution >= 0.6 is 0 Å². The average molecular weight is 328 g/mol. The fraction of sp³-hybridized carbons (Fsp3) is 0.889. The highest BCUT2D eigenvalue weighted by atomic mass is 16.7. The summed E-state index contributed by atoms with van der Waals surface area (Å²) in [5.74, 6) is -2.44. The minimum Gasteiger partial charge on any atom is -0.455 e. The van der Waals surface area contributed by atoms with E-state index in [1.54, 1.807) is 6.92 Å². The van der Waals surface area contributed by atoms with E-state index in [0.29, 0.717) is 19.3 Å². The molecule has 2 unspecified atom stereocenters. The zero-order valence-corrected chi connectivity index (χ0v) is 14.6. The van der Waals surface area contributed by atoms with Crippen LogP contribution < -0.4 is 0 Å². The highest BCUT2D eigenvalue weighted by Crippen LogP contribution is 2.26. The maximum absolute atomic E-state index is 12.0. The molecule has 5 nitrogen and oxygen atoms in total. The quantitative estimate of drug-likeness (QED) is 0.793. The molecule has 1 aliphatic rings. The van der Waals surface area contributed by atoms with Gasteiger partial charge in [0.15, 0.2) is 6.10 Å². The highest BCUT2D eigenvalue weighted by molar-refractivity contribution is 5.70. The second-order valence-electron chi connectivity index (χ2n) is 6.41. The fourth-order valence-electron chi connectivity index (χ4n) is 2.84. The van der Waals surface area contributed by atoms with Crippen LogP contribution in [0.15, 0.2) is 0 Å². The third-order valence-corrected chi connectivity index (χ3v) is 4.41. The lowest BCUT2D eigenvalue weighted by Crippen LogP contribution is -2.48. The summed E-state index contributed by atoms with van der Waals surface area (Å²) in [6.07, 6.45) is 7.99. The predicted octanol–water partition coefficient (Wildman–Crippen LogP) is 3.86. The Labute approximate surface area is 139 Å². The number of hydrogen-bond donors (Lipinski definition) is 1. The van der Waals surface area contributed by atoms with E-state index in [4.69, 9.17) is 9.47 Å². The summed E-state index contributed by atoms with van der Waals surface area (Å²) in [6.45, 7) is 3.77. The van der Waals surface area contributed by atoms with E-state index in [-0.39, 0.29) is 12.4 Å². The Kier molecular flexibility index (Phi) is 9.22. The molecule has 2 atom stereocenters.